The third-order valence-electron chi connectivity index (χ3n) is 13.1. The quantitative estimate of drug-likeness (QED) is 0.122. The molecule has 0 amide bonds. The summed E-state index contributed by atoms with van der Waals surface area (Å²) in [6.45, 7) is 12.3. The van der Waals surface area contributed by atoms with Crippen LogP contribution in [0, 0.1) is 0 Å². The molecule has 0 N–H and O–H groups in total. The van der Waals surface area contributed by atoms with Crippen molar-refractivity contribution < 1.29 is 66.6 Å². The molecule has 1 atom stereocenters. The maximum atomic E-state index is 14.7. The first-order chi connectivity index (χ1) is 31.2. The van der Waals surface area contributed by atoms with Gasteiger partial charge in [-0.3, -0.25) is 0 Å². The smallest absolute Gasteiger partial charge is 0.416 e. The van der Waals surface area contributed by atoms with Crippen LogP contribution in [-0.4, -0.2) is 25.8 Å². The molecule has 16 heteroatoms. The van der Waals surface area contributed by atoms with Crippen molar-refractivity contribution in [2.45, 2.75) is 103 Å². The monoisotopic (exact) mass is 1040 g/mol. The first kappa shape index (κ1) is 53.1. The number of nitrogens with zero attached hydrogens (tertiary/aromatic N) is 1. The lowest BCUT2D eigenvalue weighted by molar-refractivity contribution is -0.962. The molecule has 1 aliphatic heterocycles. The summed E-state index contributed by atoms with van der Waals surface area (Å²) >= 11 is 0. The molecule has 0 aromatic heterocycles. The second-order valence-corrected chi connectivity index (χ2v) is 19.8. The number of alkyl halides is 12. The number of methoxy groups -OCH3 is 2. The molecular formula is C53H51BrF12NO2+. The number of ether oxygens (including phenoxy) is 2. The fourth-order valence-corrected chi connectivity index (χ4v) is 9.57. The number of quaternary nitrogens is 1. The van der Waals surface area contributed by atoms with Gasteiger partial charge in [-0.2, -0.15) is 52.7 Å². The molecule has 0 bridgehead atoms. The first-order valence-corrected chi connectivity index (χ1v) is 21.6. The van der Waals surface area contributed by atoms with Gasteiger partial charge in [0.2, 0.25) is 0 Å². The van der Waals surface area contributed by atoms with Crippen molar-refractivity contribution in [3.8, 4) is 44.9 Å². The van der Waals surface area contributed by atoms with Crippen LogP contribution in [0.15, 0.2) is 91.0 Å². The zero-order chi connectivity index (χ0) is 50.5. The molecule has 0 saturated carbocycles. The summed E-state index contributed by atoms with van der Waals surface area (Å²) in [4.78, 5) is 0. The fourth-order valence-electron chi connectivity index (χ4n) is 9.57. The van der Waals surface area contributed by atoms with E-state index in [0.29, 0.717) is 35.4 Å². The number of halogens is 13. The third-order valence-corrected chi connectivity index (χ3v) is 13.1. The molecule has 6 aromatic rings. The summed E-state index contributed by atoms with van der Waals surface area (Å²) in [5.74, 6) is -0.0111. The van der Waals surface area contributed by atoms with Gasteiger partial charge in [-0.05, 0) is 99.3 Å². The topological polar surface area (TPSA) is 18.5 Å². The molecular weight excluding hydrogens is 990 g/mol. The molecule has 0 radical (unpaired) electrons. The Hall–Kier alpha value is -5.22. The fraction of sp³-hybridized carbons (Fsp3) is 0.358. The number of hydrogen-bond acceptors (Lipinski definition) is 2. The number of fused-ring (bicyclic) bond motifs is 4. The first-order valence-electron chi connectivity index (χ1n) is 21.6. The van der Waals surface area contributed by atoms with Gasteiger partial charge >= 0.3 is 24.7 Å². The van der Waals surface area contributed by atoms with Crippen LogP contribution in [0.3, 0.4) is 0 Å². The minimum absolute atomic E-state index is 0. The summed E-state index contributed by atoms with van der Waals surface area (Å²) in [5.41, 5.74) is -6.65. The lowest BCUT2D eigenvalue weighted by Gasteiger charge is -2.41. The van der Waals surface area contributed by atoms with Crippen LogP contribution in [0.5, 0.6) is 11.5 Å². The molecule has 1 aliphatic rings. The molecule has 7 rings (SSSR count). The highest BCUT2D eigenvalue weighted by molar-refractivity contribution is 8.93. The normalized spacial score (nSPS) is 14.9. The Morgan fingerprint density at radius 2 is 0.841 bits per heavy atom. The summed E-state index contributed by atoms with van der Waals surface area (Å²) in [6.07, 6.45) is -20.9. The van der Waals surface area contributed by atoms with Crippen LogP contribution >= 0.6 is 17.0 Å². The summed E-state index contributed by atoms with van der Waals surface area (Å²) in [5, 5.41) is 1.66. The van der Waals surface area contributed by atoms with Gasteiger partial charge in [-0.25, -0.2) is 0 Å². The molecule has 69 heavy (non-hydrogen) atoms. The second-order valence-electron chi connectivity index (χ2n) is 19.8. The molecule has 0 unspecified atom stereocenters. The standard InChI is InChI=1S/C53H50F12NO2.BrH/c1-28(36-17-13-15-29-14-11-12-16-37(29)36)66(8)26-40-38(24-42(48(2,3)4)46(67-9)44(40)30-18-32(50(54,55)56)22-33(19-30)51(57,58)59)39-25-43(49(5,6)7)47(68-10)45(41(39)27-66)31-20-34(52(60,61)62)23-35(21-31)53(63,64)65;/h11-25,28H,26-27H2,1-10H3;1H/q+1;/t28-;/m0./s1. The van der Waals surface area contributed by atoms with Gasteiger partial charge in [0.25, 0.3) is 0 Å². The Balaban J connectivity index is 0.00000782. The van der Waals surface area contributed by atoms with Gasteiger partial charge in [-0.15, -0.1) is 17.0 Å². The van der Waals surface area contributed by atoms with Crippen molar-refractivity contribution >= 4 is 27.8 Å². The Bertz CT molecular complexity index is 2710. The van der Waals surface area contributed by atoms with Gasteiger partial charge in [0.05, 0.1) is 43.5 Å². The highest BCUT2D eigenvalue weighted by Crippen LogP contribution is 2.56. The highest BCUT2D eigenvalue weighted by atomic mass is 79.9. The van der Waals surface area contributed by atoms with E-state index in [-0.39, 0.29) is 91.6 Å². The van der Waals surface area contributed by atoms with Crippen LogP contribution in [0.1, 0.15) is 105 Å². The maximum Gasteiger partial charge on any atom is 0.416 e. The van der Waals surface area contributed by atoms with Crippen LogP contribution in [0.2, 0.25) is 0 Å². The zero-order valence-corrected chi connectivity index (χ0v) is 41.1. The second kappa shape index (κ2) is 17.9. The third kappa shape index (κ3) is 10.1. The minimum Gasteiger partial charge on any atom is -0.496 e. The lowest BCUT2D eigenvalue weighted by Crippen LogP contribution is -2.44. The summed E-state index contributed by atoms with van der Waals surface area (Å²) < 4.78 is 189. The predicted octanol–water partition coefficient (Wildman–Crippen LogP) is 17.3. The Kier molecular flexibility index (Phi) is 13.8. The van der Waals surface area contributed by atoms with Gasteiger partial charge in [0.1, 0.15) is 30.6 Å². The average molecular weight is 1040 g/mol. The average Bonchev–Trinajstić information content (AvgIpc) is 3.35. The zero-order valence-electron chi connectivity index (χ0n) is 39.4. The lowest BCUT2D eigenvalue weighted by atomic mass is 9.76. The van der Waals surface area contributed by atoms with Crippen LogP contribution < -0.4 is 9.47 Å². The molecule has 3 nitrogen and oxygen atoms in total. The van der Waals surface area contributed by atoms with Crippen molar-refractivity contribution in [1.29, 1.82) is 0 Å². The molecule has 0 aliphatic carbocycles. The van der Waals surface area contributed by atoms with E-state index < -0.39 is 75.0 Å². The molecule has 0 saturated heterocycles. The van der Waals surface area contributed by atoms with Crippen LogP contribution in [-0.2, 0) is 48.6 Å². The van der Waals surface area contributed by atoms with E-state index in [0.717, 1.165) is 16.3 Å². The van der Waals surface area contributed by atoms with Crippen molar-refractivity contribution in [3.63, 3.8) is 0 Å². The molecule has 6 aromatic carbocycles. The van der Waals surface area contributed by atoms with Crippen LogP contribution in [0.4, 0.5) is 52.7 Å². The largest absolute Gasteiger partial charge is 0.496 e. The Morgan fingerprint density at radius 1 is 0.493 bits per heavy atom. The van der Waals surface area contributed by atoms with Crippen molar-refractivity contribution in [2.24, 2.45) is 0 Å². The van der Waals surface area contributed by atoms with Gasteiger partial charge in [-0.1, -0.05) is 84.0 Å². The Labute approximate surface area is 403 Å². The maximum absolute atomic E-state index is 14.7. The molecule has 0 fully saturated rings. The van der Waals surface area contributed by atoms with E-state index in [1.54, 1.807) is 60.7 Å². The number of benzene rings is 6. The summed E-state index contributed by atoms with van der Waals surface area (Å²) in [7, 11) is 4.33. The van der Waals surface area contributed by atoms with E-state index >= 15 is 0 Å². The highest BCUT2D eigenvalue weighted by Gasteiger charge is 2.45. The number of rotatable bonds is 6. The van der Waals surface area contributed by atoms with Gasteiger partial charge < -0.3 is 14.0 Å². The van der Waals surface area contributed by atoms with E-state index in [4.69, 9.17) is 9.47 Å². The van der Waals surface area contributed by atoms with Crippen molar-refractivity contribution in [2.75, 3.05) is 21.3 Å². The SMILES string of the molecule is Br.COc1c(C(C)(C)C)cc2c(c1-c1cc(C(F)(F)F)cc(C(F)(F)F)c1)C[N+](C)([C@@H](C)c1cccc3ccccc13)Cc1c-2cc(C(C)(C)C)c(OC)c1-c1cc(C(F)(F)F)cc(C(F)(F)F)c1. The molecule has 1 heterocycles. The number of hydrogen-bond donors (Lipinski definition) is 0. The van der Waals surface area contributed by atoms with E-state index in [2.05, 4.69) is 0 Å². The minimum atomic E-state index is -5.23. The van der Waals surface area contributed by atoms with Crippen molar-refractivity contribution in [3.05, 3.63) is 141 Å². The molecule has 0 spiro atoms. The van der Waals surface area contributed by atoms with E-state index in [1.807, 2.05) is 49.4 Å². The Morgan fingerprint density at radius 3 is 1.17 bits per heavy atom. The summed E-state index contributed by atoms with van der Waals surface area (Å²) in [6, 6.07) is 18.6. The predicted molar refractivity (Wildman–Crippen MR) is 250 cm³/mol. The van der Waals surface area contributed by atoms with Crippen LogP contribution in [0.25, 0.3) is 44.2 Å². The van der Waals surface area contributed by atoms with E-state index in [1.165, 1.54) is 14.2 Å². The van der Waals surface area contributed by atoms with Gasteiger partial charge in [0.15, 0.2) is 0 Å². The molecule has 370 valence electrons. The van der Waals surface area contributed by atoms with Crippen molar-refractivity contribution in [1.82, 2.24) is 0 Å². The van der Waals surface area contributed by atoms with E-state index in [9.17, 15) is 52.7 Å². The van der Waals surface area contributed by atoms with Gasteiger partial charge in [0, 0.05) is 38.9 Å².